The molecule has 1 atom stereocenters. The summed E-state index contributed by atoms with van der Waals surface area (Å²) in [6.45, 7) is 2.69. The molecule has 4 rings (SSSR count). The number of aliphatic imine (C=N–C) groups is 1. The molecule has 1 saturated heterocycles. The van der Waals surface area contributed by atoms with Crippen LogP contribution in [0.15, 0.2) is 53.7 Å². The molecule has 1 aliphatic carbocycles. The molecule has 2 N–H and O–H groups in total. The van der Waals surface area contributed by atoms with E-state index in [0.29, 0.717) is 24.9 Å². The minimum absolute atomic E-state index is 0.230. The molecule has 0 bridgehead atoms. The van der Waals surface area contributed by atoms with E-state index >= 15 is 0 Å². The number of ether oxygens (including phenoxy) is 1. The number of benzene rings is 1. The van der Waals surface area contributed by atoms with Crippen LogP contribution in [0.5, 0.6) is 5.88 Å². The highest BCUT2D eigenvalue weighted by atomic mass is 16.5. The van der Waals surface area contributed by atoms with Gasteiger partial charge in [-0.2, -0.15) is 0 Å². The summed E-state index contributed by atoms with van der Waals surface area (Å²) in [6, 6.07) is 14.2. The van der Waals surface area contributed by atoms with Gasteiger partial charge in [-0.3, -0.25) is 9.79 Å². The molecule has 2 heterocycles. The molecule has 1 unspecified atom stereocenters. The van der Waals surface area contributed by atoms with Crippen LogP contribution in [0, 0.1) is 5.92 Å². The van der Waals surface area contributed by atoms with Crippen molar-refractivity contribution < 1.29 is 9.53 Å². The Bertz CT molecular complexity index is 912. The summed E-state index contributed by atoms with van der Waals surface area (Å²) in [7, 11) is 1.77. The van der Waals surface area contributed by atoms with Gasteiger partial charge in [0.25, 0.3) is 0 Å². The lowest BCUT2D eigenvalue weighted by Gasteiger charge is -2.21. The van der Waals surface area contributed by atoms with E-state index in [-0.39, 0.29) is 12.0 Å². The molecule has 7 nitrogen and oxygen atoms in total. The highest BCUT2D eigenvalue weighted by Gasteiger charge is 2.32. The second-order valence-corrected chi connectivity index (χ2v) is 8.60. The van der Waals surface area contributed by atoms with Gasteiger partial charge in [-0.25, -0.2) is 4.98 Å². The summed E-state index contributed by atoms with van der Waals surface area (Å²) in [5, 5.41) is 6.84. The number of hydrogen-bond acceptors (Lipinski definition) is 4. The standard InChI is InChI=1S/C25H33N5O2/c1-26-25(29-22-12-14-30(17-22)24(31)21-9-5-6-10-21)28-16-20-11-13-27-23(15-20)32-18-19-7-3-2-4-8-19/h2-4,7-8,11,13,15,21-22H,5-6,9-10,12,14,16-18H2,1H3,(H2,26,28,29). The molecule has 1 amide bonds. The maximum absolute atomic E-state index is 12.7. The molecule has 0 radical (unpaired) electrons. The van der Waals surface area contributed by atoms with E-state index in [1.807, 2.05) is 47.4 Å². The second-order valence-electron chi connectivity index (χ2n) is 8.60. The average molecular weight is 436 g/mol. The van der Waals surface area contributed by atoms with Crippen LogP contribution in [0.4, 0.5) is 0 Å². The van der Waals surface area contributed by atoms with Crippen LogP contribution >= 0.6 is 0 Å². The molecule has 1 aromatic heterocycles. The van der Waals surface area contributed by atoms with Crippen molar-refractivity contribution in [3.8, 4) is 5.88 Å². The van der Waals surface area contributed by atoms with Crippen molar-refractivity contribution in [1.29, 1.82) is 0 Å². The first kappa shape index (κ1) is 22.1. The van der Waals surface area contributed by atoms with Gasteiger partial charge in [0, 0.05) is 50.9 Å². The first-order valence-electron chi connectivity index (χ1n) is 11.6. The number of rotatable bonds is 7. The zero-order valence-corrected chi connectivity index (χ0v) is 18.8. The third-order valence-electron chi connectivity index (χ3n) is 6.26. The third-order valence-corrected chi connectivity index (χ3v) is 6.26. The molecule has 1 aliphatic heterocycles. The van der Waals surface area contributed by atoms with E-state index in [0.717, 1.165) is 49.4 Å². The summed E-state index contributed by atoms with van der Waals surface area (Å²) in [5.74, 6) is 1.94. The molecule has 2 aromatic rings. The Labute approximate surface area is 190 Å². The third kappa shape index (κ3) is 5.99. The topological polar surface area (TPSA) is 78.9 Å². The van der Waals surface area contributed by atoms with Crippen LogP contribution in [-0.2, 0) is 17.9 Å². The van der Waals surface area contributed by atoms with Crippen molar-refractivity contribution in [2.45, 2.75) is 51.3 Å². The van der Waals surface area contributed by atoms with Crippen LogP contribution in [0.25, 0.3) is 0 Å². The van der Waals surface area contributed by atoms with Crippen LogP contribution in [0.1, 0.15) is 43.2 Å². The van der Waals surface area contributed by atoms with Gasteiger partial charge in [-0.1, -0.05) is 43.2 Å². The smallest absolute Gasteiger partial charge is 0.225 e. The predicted molar refractivity (Wildman–Crippen MR) is 125 cm³/mol. The predicted octanol–water partition coefficient (Wildman–Crippen LogP) is 3.12. The molecule has 32 heavy (non-hydrogen) atoms. The van der Waals surface area contributed by atoms with Crippen LogP contribution in [0.2, 0.25) is 0 Å². The molecule has 170 valence electrons. The number of nitrogens with one attached hydrogen (secondary N) is 2. The van der Waals surface area contributed by atoms with Gasteiger partial charge in [-0.15, -0.1) is 0 Å². The van der Waals surface area contributed by atoms with Gasteiger partial charge < -0.3 is 20.3 Å². The van der Waals surface area contributed by atoms with Crippen LogP contribution in [-0.4, -0.2) is 47.9 Å². The van der Waals surface area contributed by atoms with E-state index < -0.39 is 0 Å². The second kappa shape index (κ2) is 11.0. The molecule has 0 spiro atoms. The first-order chi connectivity index (χ1) is 15.7. The fraction of sp³-hybridized carbons (Fsp3) is 0.480. The minimum Gasteiger partial charge on any atom is -0.473 e. The van der Waals surface area contributed by atoms with Gasteiger partial charge in [0.15, 0.2) is 5.96 Å². The molecular weight excluding hydrogens is 402 g/mol. The molecule has 2 aliphatic rings. The molecule has 1 aromatic carbocycles. The number of carbonyl (C=O) groups is 1. The lowest BCUT2D eigenvalue weighted by atomic mass is 10.1. The average Bonchev–Trinajstić information content (AvgIpc) is 3.53. The Balaban J connectivity index is 1.23. The van der Waals surface area contributed by atoms with E-state index in [1.165, 1.54) is 12.8 Å². The zero-order chi connectivity index (χ0) is 22.2. The quantitative estimate of drug-likeness (QED) is 0.516. The maximum Gasteiger partial charge on any atom is 0.225 e. The van der Waals surface area contributed by atoms with Crippen LogP contribution < -0.4 is 15.4 Å². The number of nitrogens with zero attached hydrogens (tertiary/aromatic N) is 3. The van der Waals surface area contributed by atoms with E-state index in [4.69, 9.17) is 4.74 Å². The Morgan fingerprint density at radius 3 is 2.75 bits per heavy atom. The Hall–Kier alpha value is -3.09. The summed E-state index contributed by atoms with van der Waals surface area (Å²) in [4.78, 5) is 23.4. The zero-order valence-electron chi connectivity index (χ0n) is 18.8. The number of carbonyl (C=O) groups excluding carboxylic acids is 1. The van der Waals surface area contributed by atoms with Gasteiger partial charge in [0.2, 0.25) is 11.8 Å². The Kier molecular flexibility index (Phi) is 7.59. The lowest BCUT2D eigenvalue weighted by Crippen LogP contribution is -2.45. The van der Waals surface area contributed by atoms with Gasteiger partial charge in [0.05, 0.1) is 0 Å². The summed E-state index contributed by atoms with van der Waals surface area (Å²) in [5.41, 5.74) is 2.18. The SMILES string of the molecule is CN=C(NCc1ccnc(OCc2ccccc2)c1)NC1CCN(C(=O)C2CCCC2)C1. The van der Waals surface area contributed by atoms with Gasteiger partial charge in [-0.05, 0) is 36.5 Å². The maximum atomic E-state index is 12.7. The van der Waals surface area contributed by atoms with Crippen molar-refractivity contribution in [3.05, 3.63) is 59.8 Å². The Morgan fingerprint density at radius 1 is 1.16 bits per heavy atom. The fourth-order valence-electron chi connectivity index (χ4n) is 4.45. The number of likely N-dealkylation sites (tertiary alicyclic amines) is 1. The minimum atomic E-state index is 0.230. The van der Waals surface area contributed by atoms with Gasteiger partial charge in [0.1, 0.15) is 6.61 Å². The van der Waals surface area contributed by atoms with Gasteiger partial charge >= 0.3 is 0 Å². The van der Waals surface area contributed by atoms with Crippen molar-refractivity contribution in [3.63, 3.8) is 0 Å². The molecule has 1 saturated carbocycles. The van der Waals surface area contributed by atoms with E-state index in [9.17, 15) is 4.79 Å². The summed E-state index contributed by atoms with van der Waals surface area (Å²) < 4.78 is 5.83. The van der Waals surface area contributed by atoms with Crippen molar-refractivity contribution >= 4 is 11.9 Å². The van der Waals surface area contributed by atoms with Crippen LogP contribution in [0.3, 0.4) is 0 Å². The number of amides is 1. The fourth-order valence-corrected chi connectivity index (χ4v) is 4.45. The number of pyridine rings is 1. The number of hydrogen-bond donors (Lipinski definition) is 2. The van der Waals surface area contributed by atoms with E-state index in [2.05, 4.69) is 20.6 Å². The van der Waals surface area contributed by atoms with E-state index in [1.54, 1.807) is 13.2 Å². The van der Waals surface area contributed by atoms with Crippen molar-refractivity contribution in [2.75, 3.05) is 20.1 Å². The lowest BCUT2D eigenvalue weighted by molar-refractivity contribution is -0.134. The largest absolute Gasteiger partial charge is 0.473 e. The first-order valence-corrected chi connectivity index (χ1v) is 11.6. The molecular formula is C25H33N5O2. The monoisotopic (exact) mass is 435 g/mol. The van der Waals surface area contributed by atoms with Crippen molar-refractivity contribution in [2.24, 2.45) is 10.9 Å². The molecule has 7 heteroatoms. The number of aromatic nitrogens is 1. The molecule has 2 fully saturated rings. The summed E-state index contributed by atoms with van der Waals surface area (Å²) >= 11 is 0. The highest BCUT2D eigenvalue weighted by molar-refractivity contribution is 5.81. The number of guanidine groups is 1. The van der Waals surface area contributed by atoms with Crippen molar-refractivity contribution in [1.82, 2.24) is 20.5 Å². The highest BCUT2D eigenvalue weighted by Crippen LogP contribution is 2.27. The summed E-state index contributed by atoms with van der Waals surface area (Å²) in [6.07, 6.45) is 7.20. The normalized spacial score (nSPS) is 19.2. The Morgan fingerprint density at radius 2 is 1.97 bits per heavy atom.